The molecule has 23 heavy (non-hydrogen) atoms. The molecule has 3 rings (SSSR count). The first-order valence-electron chi connectivity index (χ1n) is 7.68. The standard InChI is InChI=1S/C16H20N2O3S2/c1-11(2)8-15(19)17-16-18(12-6-4-3-5-7-12)13-9-23(20,21)10-14(13)22-16/h3-7,11,13-14H,8-10H2,1-2H3/t13-,14-/m1/s1. The average molecular weight is 352 g/mol. The number of thioether (sulfide) groups is 1. The number of fused-ring (bicyclic) bond motifs is 1. The zero-order chi connectivity index (χ0) is 16.6. The molecule has 0 saturated carbocycles. The van der Waals surface area contributed by atoms with Crippen LogP contribution in [-0.4, -0.2) is 42.3 Å². The van der Waals surface area contributed by atoms with Crippen molar-refractivity contribution in [1.29, 1.82) is 0 Å². The number of carbonyl (C=O) groups is 1. The Labute approximate surface area is 141 Å². The fourth-order valence-corrected chi connectivity index (χ4v) is 6.89. The lowest BCUT2D eigenvalue weighted by molar-refractivity contribution is -0.118. The van der Waals surface area contributed by atoms with Crippen LogP contribution >= 0.6 is 11.8 Å². The van der Waals surface area contributed by atoms with Gasteiger partial charge in [0.05, 0.1) is 17.5 Å². The van der Waals surface area contributed by atoms with Crippen molar-refractivity contribution in [2.75, 3.05) is 16.4 Å². The second-order valence-corrected chi connectivity index (χ2v) is 9.75. The Morgan fingerprint density at radius 3 is 2.65 bits per heavy atom. The molecule has 1 amide bonds. The molecule has 0 aliphatic carbocycles. The van der Waals surface area contributed by atoms with Crippen molar-refractivity contribution in [3.05, 3.63) is 30.3 Å². The number of amidine groups is 1. The maximum Gasteiger partial charge on any atom is 0.248 e. The summed E-state index contributed by atoms with van der Waals surface area (Å²) in [6.45, 7) is 3.96. The normalized spacial score (nSPS) is 27.6. The van der Waals surface area contributed by atoms with Crippen molar-refractivity contribution in [2.24, 2.45) is 10.9 Å². The second kappa shape index (κ2) is 6.28. The first-order valence-corrected chi connectivity index (χ1v) is 10.4. The summed E-state index contributed by atoms with van der Waals surface area (Å²) in [7, 11) is -3.02. The maximum absolute atomic E-state index is 12.1. The molecule has 124 valence electrons. The zero-order valence-corrected chi connectivity index (χ0v) is 14.8. The van der Waals surface area contributed by atoms with Crippen molar-refractivity contribution >= 4 is 38.4 Å². The first kappa shape index (κ1) is 16.5. The van der Waals surface area contributed by atoms with E-state index < -0.39 is 9.84 Å². The second-order valence-electron chi connectivity index (χ2n) is 6.39. The quantitative estimate of drug-likeness (QED) is 0.835. The number of rotatable bonds is 3. The van der Waals surface area contributed by atoms with E-state index in [0.717, 1.165) is 5.69 Å². The van der Waals surface area contributed by atoms with E-state index in [-0.39, 0.29) is 34.6 Å². The van der Waals surface area contributed by atoms with E-state index >= 15 is 0 Å². The molecule has 2 saturated heterocycles. The molecular weight excluding hydrogens is 332 g/mol. The van der Waals surface area contributed by atoms with Gasteiger partial charge in [0.1, 0.15) is 0 Å². The van der Waals surface area contributed by atoms with Gasteiger partial charge in [-0.25, -0.2) is 8.42 Å². The number of aliphatic imine (C=N–C) groups is 1. The Morgan fingerprint density at radius 2 is 2.00 bits per heavy atom. The van der Waals surface area contributed by atoms with Gasteiger partial charge < -0.3 is 4.90 Å². The number of nitrogens with zero attached hydrogens (tertiary/aromatic N) is 2. The molecule has 2 heterocycles. The molecule has 0 N–H and O–H groups in total. The fraction of sp³-hybridized carbons (Fsp3) is 0.500. The van der Waals surface area contributed by atoms with Crippen LogP contribution in [0.15, 0.2) is 35.3 Å². The molecule has 1 aromatic rings. The van der Waals surface area contributed by atoms with E-state index in [2.05, 4.69) is 4.99 Å². The van der Waals surface area contributed by atoms with Gasteiger partial charge in [-0.2, -0.15) is 4.99 Å². The number of para-hydroxylation sites is 1. The SMILES string of the molecule is CC(C)CC(=O)N=C1S[C@@H]2CS(=O)(=O)C[C@H]2N1c1ccccc1. The van der Waals surface area contributed by atoms with Crippen LogP contribution in [-0.2, 0) is 14.6 Å². The number of sulfone groups is 1. The minimum absolute atomic E-state index is 0.0502. The molecule has 2 fully saturated rings. The zero-order valence-electron chi connectivity index (χ0n) is 13.2. The maximum atomic E-state index is 12.1. The van der Waals surface area contributed by atoms with E-state index in [9.17, 15) is 13.2 Å². The molecule has 2 atom stereocenters. The van der Waals surface area contributed by atoms with Crippen LogP contribution in [0.5, 0.6) is 0 Å². The highest BCUT2D eigenvalue weighted by atomic mass is 32.2. The van der Waals surface area contributed by atoms with Gasteiger partial charge >= 0.3 is 0 Å². The number of hydrogen-bond acceptors (Lipinski definition) is 4. The van der Waals surface area contributed by atoms with Gasteiger partial charge in [0.25, 0.3) is 0 Å². The summed E-state index contributed by atoms with van der Waals surface area (Å²) in [6.07, 6.45) is 0.403. The van der Waals surface area contributed by atoms with E-state index in [4.69, 9.17) is 0 Å². The van der Waals surface area contributed by atoms with Gasteiger partial charge in [0.15, 0.2) is 15.0 Å². The summed E-state index contributed by atoms with van der Waals surface area (Å²) in [4.78, 5) is 18.3. The molecule has 0 bridgehead atoms. The van der Waals surface area contributed by atoms with E-state index in [1.165, 1.54) is 11.8 Å². The minimum atomic E-state index is -3.02. The average Bonchev–Trinajstić information content (AvgIpc) is 2.89. The summed E-state index contributed by atoms with van der Waals surface area (Å²) in [5.74, 6) is 0.384. The van der Waals surface area contributed by atoms with Crippen LogP contribution in [0, 0.1) is 5.92 Å². The lowest BCUT2D eigenvalue weighted by atomic mass is 10.1. The van der Waals surface area contributed by atoms with E-state index in [0.29, 0.717) is 11.6 Å². The molecule has 7 heteroatoms. The summed E-state index contributed by atoms with van der Waals surface area (Å²) in [5, 5.41) is 0.581. The van der Waals surface area contributed by atoms with Gasteiger partial charge in [0.2, 0.25) is 5.91 Å². The molecule has 1 aromatic carbocycles. The summed E-state index contributed by atoms with van der Waals surface area (Å²) >= 11 is 1.42. The van der Waals surface area contributed by atoms with Crippen molar-refractivity contribution < 1.29 is 13.2 Å². The minimum Gasteiger partial charge on any atom is -0.316 e. The van der Waals surface area contributed by atoms with Gasteiger partial charge in [-0.05, 0) is 18.1 Å². The molecule has 0 unspecified atom stereocenters. The van der Waals surface area contributed by atoms with Crippen LogP contribution in [0.25, 0.3) is 0 Å². The van der Waals surface area contributed by atoms with Crippen LogP contribution in [0.3, 0.4) is 0 Å². The number of anilines is 1. The Bertz CT molecular complexity index is 729. The van der Waals surface area contributed by atoms with E-state index in [1.54, 1.807) is 0 Å². The monoisotopic (exact) mass is 352 g/mol. The van der Waals surface area contributed by atoms with Crippen molar-refractivity contribution in [3.63, 3.8) is 0 Å². The predicted molar refractivity (Wildman–Crippen MR) is 94.6 cm³/mol. The van der Waals surface area contributed by atoms with Crippen molar-refractivity contribution in [1.82, 2.24) is 0 Å². The van der Waals surface area contributed by atoms with E-state index in [1.807, 2.05) is 49.1 Å². The third kappa shape index (κ3) is 3.61. The van der Waals surface area contributed by atoms with Gasteiger partial charge in [-0.15, -0.1) is 0 Å². The highest BCUT2D eigenvalue weighted by molar-refractivity contribution is 8.16. The van der Waals surface area contributed by atoms with Crippen molar-refractivity contribution in [2.45, 2.75) is 31.6 Å². The Morgan fingerprint density at radius 1 is 1.30 bits per heavy atom. The lowest BCUT2D eigenvalue weighted by Crippen LogP contribution is -2.37. The number of carbonyl (C=O) groups excluding carboxylic acids is 1. The Kier molecular flexibility index (Phi) is 4.51. The fourth-order valence-electron chi connectivity index (χ4n) is 2.96. The van der Waals surface area contributed by atoms with Crippen LogP contribution in [0.1, 0.15) is 20.3 Å². The van der Waals surface area contributed by atoms with Gasteiger partial charge in [-0.3, -0.25) is 4.79 Å². The third-order valence-electron chi connectivity index (χ3n) is 3.90. The number of benzene rings is 1. The molecule has 0 radical (unpaired) electrons. The Hall–Kier alpha value is -1.34. The van der Waals surface area contributed by atoms with Crippen LogP contribution in [0.2, 0.25) is 0 Å². The summed E-state index contributed by atoms with van der Waals surface area (Å²) in [6, 6.07) is 9.44. The third-order valence-corrected chi connectivity index (χ3v) is 7.11. The molecular formula is C16H20N2O3S2. The molecule has 0 spiro atoms. The first-order chi connectivity index (χ1) is 10.9. The number of amides is 1. The molecule has 2 aliphatic rings. The molecule has 0 aromatic heterocycles. The van der Waals surface area contributed by atoms with Crippen molar-refractivity contribution in [3.8, 4) is 0 Å². The van der Waals surface area contributed by atoms with Crippen LogP contribution < -0.4 is 4.90 Å². The highest BCUT2D eigenvalue weighted by Crippen LogP contribution is 2.40. The number of hydrogen-bond donors (Lipinski definition) is 0. The van der Waals surface area contributed by atoms with Crippen LogP contribution in [0.4, 0.5) is 5.69 Å². The summed E-state index contributed by atoms with van der Waals surface area (Å²) in [5.41, 5.74) is 0.890. The van der Waals surface area contributed by atoms with Gasteiger partial charge in [-0.1, -0.05) is 43.8 Å². The summed E-state index contributed by atoms with van der Waals surface area (Å²) < 4.78 is 23.9. The molecule has 2 aliphatic heterocycles. The smallest absolute Gasteiger partial charge is 0.248 e. The largest absolute Gasteiger partial charge is 0.316 e. The van der Waals surface area contributed by atoms with Gasteiger partial charge in [0, 0.05) is 17.4 Å². The topological polar surface area (TPSA) is 66.8 Å². The highest BCUT2D eigenvalue weighted by Gasteiger charge is 2.49. The lowest BCUT2D eigenvalue weighted by Gasteiger charge is -2.24. The molecule has 5 nitrogen and oxygen atoms in total. The predicted octanol–water partition coefficient (Wildman–Crippen LogP) is 2.33. The Balaban J connectivity index is 1.94.